The van der Waals surface area contributed by atoms with Crippen molar-refractivity contribution in [3.05, 3.63) is 48.2 Å². The SMILES string of the molecule is CNC(=O)c1ccc(N2CCC(C(=O)Nc3ccccc3)CC2)nn1. The van der Waals surface area contributed by atoms with Crippen LogP contribution in [0, 0.1) is 5.92 Å². The molecule has 2 heterocycles. The van der Waals surface area contributed by atoms with Gasteiger partial charge in [0.25, 0.3) is 5.91 Å². The lowest BCUT2D eigenvalue weighted by molar-refractivity contribution is -0.120. The van der Waals surface area contributed by atoms with Crippen LogP contribution in [-0.4, -0.2) is 42.1 Å². The van der Waals surface area contributed by atoms with Crippen LogP contribution in [0.1, 0.15) is 23.3 Å². The van der Waals surface area contributed by atoms with Crippen molar-refractivity contribution in [2.24, 2.45) is 5.92 Å². The Balaban J connectivity index is 1.54. The van der Waals surface area contributed by atoms with E-state index in [-0.39, 0.29) is 17.7 Å². The number of para-hydroxylation sites is 1. The second kappa shape index (κ2) is 7.74. The number of anilines is 2. The average molecular weight is 339 g/mol. The fourth-order valence-electron chi connectivity index (χ4n) is 2.88. The van der Waals surface area contributed by atoms with Crippen LogP contribution in [0.15, 0.2) is 42.5 Å². The Morgan fingerprint density at radius 2 is 1.76 bits per heavy atom. The van der Waals surface area contributed by atoms with Gasteiger partial charge in [0, 0.05) is 31.7 Å². The predicted molar refractivity (Wildman–Crippen MR) is 95.4 cm³/mol. The van der Waals surface area contributed by atoms with Crippen LogP contribution >= 0.6 is 0 Å². The molecule has 1 aliphatic heterocycles. The van der Waals surface area contributed by atoms with Crippen molar-refractivity contribution in [1.29, 1.82) is 0 Å². The summed E-state index contributed by atoms with van der Waals surface area (Å²) in [6.07, 6.45) is 1.52. The summed E-state index contributed by atoms with van der Waals surface area (Å²) >= 11 is 0. The van der Waals surface area contributed by atoms with E-state index in [0.29, 0.717) is 5.69 Å². The zero-order valence-corrected chi connectivity index (χ0v) is 14.1. The topological polar surface area (TPSA) is 87.2 Å². The minimum atomic E-state index is -0.254. The lowest BCUT2D eigenvalue weighted by atomic mass is 9.96. The molecule has 2 N–H and O–H groups in total. The third-order valence-electron chi connectivity index (χ3n) is 4.34. The third kappa shape index (κ3) is 4.12. The lowest BCUT2D eigenvalue weighted by Crippen LogP contribution is -2.38. The third-order valence-corrected chi connectivity index (χ3v) is 4.34. The van der Waals surface area contributed by atoms with Gasteiger partial charge in [-0.2, -0.15) is 0 Å². The van der Waals surface area contributed by atoms with Gasteiger partial charge in [-0.05, 0) is 37.1 Å². The number of hydrogen-bond acceptors (Lipinski definition) is 5. The molecule has 1 aliphatic rings. The Labute approximate surface area is 146 Å². The van der Waals surface area contributed by atoms with Crippen molar-refractivity contribution in [3.63, 3.8) is 0 Å². The van der Waals surface area contributed by atoms with Crippen LogP contribution in [0.4, 0.5) is 11.5 Å². The van der Waals surface area contributed by atoms with Crippen molar-refractivity contribution in [2.45, 2.75) is 12.8 Å². The first kappa shape index (κ1) is 16.9. The second-order valence-corrected chi connectivity index (χ2v) is 5.97. The molecule has 7 heteroatoms. The highest BCUT2D eigenvalue weighted by molar-refractivity contribution is 5.93. The number of aromatic nitrogens is 2. The van der Waals surface area contributed by atoms with Crippen LogP contribution in [0.3, 0.4) is 0 Å². The summed E-state index contributed by atoms with van der Waals surface area (Å²) < 4.78 is 0. The zero-order chi connectivity index (χ0) is 17.6. The molecule has 1 fully saturated rings. The van der Waals surface area contributed by atoms with Crippen LogP contribution in [-0.2, 0) is 4.79 Å². The van der Waals surface area contributed by atoms with Crippen molar-refractivity contribution >= 4 is 23.3 Å². The van der Waals surface area contributed by atoms with Crippen molar-refractivity contribution in [2.75, 3.05) is 30.4 Å². The monoisotopic (exact) mass is 339 g/mol. The maximum Gasteiger partial charge on any atom is 0.271 e. The number of carbonyl (C=O) groups excluding carboxylic acids is 2. The maximum atomic E-state index is 12.4. The molecular formula is C18H21N5O2. The molecule has 0 bridgehead atoms. The average Bonchev–Trinajstić information content (AvgIpc) is 2.68. The number of piperidine rings is 1. The molecule has 1 aromatic carbocycles. The van der Waals surface area contributed by atoms with Gasteiger partial charge in [-0.15, -0.1) is 10.2 Å². The summed E-state index contributed by atoms with van der Waals surface area (Å²) in [4.78, 5) is 25.9. The number of nitrogens with zero attached hydrogens (tertiary/aromatic N) is 3. The molecule has 1 aromatic heterocycles. The van der Waals surface area contributed by atoms with Gasteiger partial charge in [0.05, 0.1) is 0 Å². The molecule has 0 radical (unpaired) electrons. The minimum absolute atomic E-state index is 0.00504. The highest BCUT2D eigenvalue weighted by atomic mass is 16.2. The van der Waals surface area contributed by atoms with Crippen LogP contribution < -0.4 is 15.5 Å². The highest BCUT2D eigenvalue weighted by Gasteiger charge is 2.26. The van der Waals surface area contributed by atoms with Gasteiger partial charge in [-0.1, -0.05) is 18.2 Å². The molecule has 7 nitrogen and oxygen atoms in total. The quantitative estimate of drug-likeness (QED) is 0.885. The number of carbonyl (C=O) groups is 2. The normalized spacial score (nSPS) is 14.8. The Kier molecular flexibility index (Phi) is 5.23. The molecular weight excluding hydrogens is 318 g/mol. The molecule has 1 saturated heterocycles. The van der Waals surface area contributed by atoms with Gasteiger partial charge in [-0.3, -0.25) is 9.59 Å². The summed E-state index contributed by atoms with van der Waals surface area (Å²) in [5.74, 6) is 0.534. The van der Waals surface area contributed by atoms with Crippen LogP contribution in [0.2, 0.25) is 0 Å². The van der Waals surface area contributed by atoms with E-state index in [9.17, 15) is 9.59 Å². The first-order chi connectivity index (χ1) is 12.2. The number of benzene rings is 1. The van der Waals surface area contributed by atoms with Gasteiger partial charge < -0.3 is 15.5 Å². The first-order valence-corrected chi connectivity index (χ1v) is 8.34. The van der Waals surface area contributed by atoms with Gasteiger partial charge in [0.15, 0.2) is 11.5 Å². The van der Waals surface area contributed by atoms with Gasteiger partial charge in [0.1, 0.15) is 0 Å². The largest absolute Gasteiger partial charge is 0.355 e. The minimum Gasteiger partial charge on any atom is -0.355 e. The summed E-state index contributed by atoms with van der Waals surface area (Å²) in [7, 11) is 1.56. The summed E-state index contributed by atoms with van der Waals surface area (Å²) in [6, 6.07) is 13.0. The molecule has 0 aliphatic carbocycles. The van der Waals surface area contributed by atoms with Crippen molar-refractivity contribution < 1.29 is 9.59 Å². The van der Waals surface area contributed by atoms with Gasteiger partial charge in [0.2, 0.25) is 5.91 Å². The van der Waals surface area contributed by atoms with Crippen molar-refractivity contribution in [1.82, 2.24) is 15.5 Å². The van der Waals surface area contributed by atoms with Gasteiger partial charge >= 0.3 is 0 Å². The first-order valence-electron chi connectivity index (χ1n) is 8.34. The van der Waals surface area contributed by atoms with E-state index in [0.717, 1.165) is 37.4 Å². The molecule has 0 spiro atoms. The summed E-state index contributed by atoms with van der Waals surface area (Å²) in [5, 5.41) is 13.6. The number of rotatable bonds is 4. The van der Waals surface area contributed by atoms with Gasteiger partial charge in [-0.25, -0.2) is 0 Å². The highest BCUT2D eigenvalue weighted by Crippen LogP contribution is 2.22. The molecule has 25 heavy (non-hydrogen) atoms. The van der Waals surface area contributed by atoms with E-state index < -0.39 is 0 Å². The Hall–Kier alpha value is -2.96. The summed E-state index contributed by atoms with van der Waals surface area (Å²) in [6.45, 7) is 1.47. The molecule has 3 rings (SSSR count). The van der Waals surface area contributed by atoms with E-state index in [2.05, 4.69) is 25.7 Å². The molecule has 0 unspecified atom stereocenters. The smallest absolute Gasteiger partial charge is 0.271 e. The van der Waals surface area contributed by atoms with Crippen LogP contribution in [0.25, 0.3) is 0 Å². The molecule has 0 saturated carbocycles. The van der Waals surface area contributed by atoms with E-state index in [1.54, 1.807) is 19.2 Å². The molecule has 2 amide bonds. The molecule has 0 atom stereocenters. The molecule has 130 valence electrons. The fourth-order valence-corrected chi connectivity index (χ4v) is 2.88. The van der Waals surface area contributed by atoms with E-state index >= 15 is 0 Å². The maximum absolute atomic E-state index is 12.4. The number of nitrogens with one attached hydrogen (secondary N) is 2. The van der Waals surface area contributed by atoms with Crippen LogP contribution in [0.5, 0.6) is 0 Å². The van der Waals surface area contributed by atoms with E-state index in [4.69, 9.17) is 0 Å². The second-order valence-electron chi connectivity index (χ2n) is 5.97. The Morgan fingerprint density at radius 1 is 1.04 bits per heavy atom. The standard InChI is InChI=1S/C18H21N5O2/c1-19-18(25)15-7-8-16(22-21-15)23-11-9-13(10-12-23)17(24)20-14-5-3-2-4-6-14/h2-8,13H,9-12H2,1H3,(H,19,25)(H,20,24). The molecule has 2 aromatic rings. The predicted octanol–water partition coefficient (Wildman–Crippen LogP) is 1.69. The number of amides is 2. The van der Waals surface area contributed by atoms with Crippen molar-refractivity contribution in [3.8, 4) is 0 Å². The number of hydrogen-bond donors (Lipinski definition) is 2. The lowest BCUT2D eigenvalue weighted by Gasteiger charge is -2.31. The fraction of sp³-hybridized carbons (Fsp3) is 0.333. The zero-order valence-electron chi connectivity index (χ0n) is 14.1. The van der Waals surface area contributed by atoms with E-state index in [1.807, 2.05) is 30.3 Å². The Bertz CT molecular complexity index is 725. The van der Waals surface area contributed by atoms with E-state index in [1.165, 1.54) is 0 Å². The Morgan fingerprint density at radius 3 is 2.36 bits per heavy atom. The summed E-state index contributed by atoms with van der Waals surface area (Å²) in [5.41, 5.74) is 1.12.